The van der Waals surface area contributed by atoms with Gasteiger partial charge >= 0.3 is 5.97 Å². The smallest absolute Gasteiger partial charge is 0.317 e. The summed E-state index contributed by atoms with van der Waals surface area (Å²) in [4.78, 5) is 25.3. The molecule has 23 heavy (non-hydrogen) atoms. The van der Waals surface area contributed by atoms with Gasteiger partial charge in [-0.15, -0.1) is 0 Å². The number of hydrogen-bond donors (Lipinski definition) is 2. The highest BCUT2D eigenvalue weighted by molar-refractivity contribution is 5.79. The first-order chi connectivity index (χ1) is 11.0. The fraction of sp³-hybridized carbons (Fsp3) is 0.889. The fourth-order valence-corrected chi connectivity index (χ4v) is 4.10. The highest BCUT2D eigenvalue weighted by Gasteiger charge is 2.35. The number of rotatable bonds is 9. The number of amides is 1. The van der Waals surface area contributed by atoms with Crippen molar-refractivity contribution < 1.29 is 14.7 Å². The van der Waals surface area contributed by atoms with E-state index in [1.54, 1.807) is 0 Å². The molecule has 2 N–H and O–H groups in total. The van der Waals surface area contributed by atoms with Gasteiger partial charge in [0.25, 0.3) is 0 Å². The molecule has 0 aromatic rings. The monoisotopic (exact) mass is 324 g/mol. The Hall–Kier alpha value is -1.10. The number of carbonyl (C=O) groups is 2. The van der Waals surface area contributed by atoms with Crippen molar-refractivity contribution >= 4 is 11.9 Å². The maximum absolute atomic E-state index is 12.5. The van der Waals surface area contributed by atoms with Gasteiger partial charge in [0.05, 0.1) is 6.54 Å². The molecule has 1 amide bonds. The highest BCUT2D eigenvalue weighted by Crippen LogP contribution is 2.32. The van der Waals surface area contributed by atoms with E-state index in [2.05, 4.69) is 12.2 Å². The van der Waals surface area contributed by atoms with Gasteiger partial charge in [0.15, 0.2) is 0 Å². The molecule has 2 aliphatic carbocycles. The van der Waals surface area contributed by atoms with Crippen LogP contribution < -0.4 is 5.32 Å². The van der Waals surface area contributed by atoms with Gasteiger partial charge in [-0.05, 0) is 38.1 Å². The predicted molar refractivity (Wildman–Crippen MR) is 90.2 cm³/mol. The minimum atomic E-state index is -0.776. The van der Waals surface area contributed by atoms with E-state index in [-0.39, 0.29) is 24.4 Å². The van der Waals surface area contributed by atoms with Crippen LogP contribution in [0.15, 0.2) is 0 Å². The minimum Gasteiger partial charge on any atom is -0.480 e. The van der Waals surface area contributed by atoms with Crippen molar-refractivity contribution in [2.45, 2.75) is 77.3 Å². The summed E-state index contributed by atoms with van der Waals surface area (Å²) in [6, 6.07) is 0.532. The zero-order valence-corrected chi connectivity index (χ0v) is 14.6. The maximum Gasteiger partial charge on any atom is 0.317 e. The largest absolute Gasteiger partial charge is 0.480 e. The first-order valence-electron chi connectivity index (χ1n) is 9.29. The van der Waals surface area contributed by atoms with Gasteiger partial charge in [-0.2, -0.15) is 0 Å². The van der Waals surface area contributed by atoms with Crippen LogP contribution in [0, 0.1) is 11.8 Å². The summed E-state index contributed by atoms with van der Waals surface area (Å²) in [7, 11) is 0. The van der Waals surface area contributed by atoms with Crippen molar-refractivity contribution in [3.05, 3.63) is 0 Å². The lowest BCUT2D eigenvalue weighted by atomic mass is 9.84. The highest BCUT2D eigenvalue weighted by atomic mass is 16.4. The molecule has 0 aromatic carbocycles. The molecule has 0 saturated heterocycles. The number of carboxylic acid groups (broad SMARTS) is 1. The van der Waals surface area contributed by atoms with Crippen LogP contribution in [0.5, 0.6) is 0 Å². The van der Waals surface area contributed by atoms with Crippen LogP contribution in [0.1, 0.15) is 65.2 Å². The average molecular weight is 324 g/mol. The molecule has 0 heterocycles. The van der Waals surface area contributed by atoms with Crippen LogP contribution >= 0.6 is 0 Å². The Kier molecular flexibility index (Phi) is 6.88. The van der Waals surface area contributed by atoms with Crippen LogP contribution in [-0.2, 0) is 9.59 Å². The summed E-state index contributed by atoms with van der Waals surface area (Å²) < 4.78 is 0. The van der Waals surface area contributed by atoms with Gasteiger partial charge < -0.3 is 10.4 Å². The van der Waals surface area contributed by atoms with E-state index in [1.165, 1.54) is 25.7 Å². The number of carboxylic acids is 1. The summed E-state index contributed by atoms with van der Waals surface area (Å²) in [5.41, 5.74) is 0. The molecule has 2 fully saturated rings. The Bertz CT molecular complexity index is 401. The summed E-state index contributed by atoms with van der Waals surface area (Å²) in [6.45, 7) is 4.94. The number of nitrogens with zero attached hydrogens (tertiary/aromatic N) is 1. The molecule has 132 valence electrons. The number of aliphatic carboxylic acids is 1. The van der Waals surface area contributed by atoms with Crippen LogP contribution in [0.25, 0.3) is 0 Å². The van der Waals surface area contributed by atoms with Gasteiger partial charge in [0, 0.05) is 18.0 Å². The zero-order chi connectivity index (χ0) is 16.8. The van der Waals surface area contributed by atoms with Crippen molar-refractivity contribution in [2.75, 3.05) is 13.1 Å². The lowest BCUT2D eigenvalue weighted by Crippen LogP contribution is -2.55. The van der Waals surface area contributed by atoms with Crippen LogP contribution in [0.2, 0.25) is 0 Å². The summed E-state index contributed by atoms with van der Waals surface area (Å²) in [6.07, 6.45) is 8.94. The van der Waals surface area contributed by atoms with Crippen LogP contribution in [-0.4, -0.2) is 47.1 Å². The Morgan fingerprint density at radius 2 is 1.87 bits per heavy atom. The van der Waals surface area contributed by atoms with E-state index in [4.69, 9.17) is 5.11 Å². The molecule has 2 saturated carbocycles. The Morgan fingerprint density at radius 1 is 1.22 bits per heavy atom. The third-order valence-corrected chi connectivity index (χ3v) is 5.68. The van der Waals surface area contributed by atoms with Crippen molar-refractivity contribution in [3.8, 4) is 0 Å². The number of carbonyl (C=O) groups excluding carboxylic acids is 1. The zero-order valence-electron chi connectivity index (χ0n) is 14.6. The average Bonchev–Trinajstić information content (AvgIpc) is 2.98. The molecule has 0 spiro atoms. The molecule has 0 aromatic heterocycles. The fourth-order valence-electron chi connectivity index (χ4n) is 4.10. The number of nitrogens with one attached hydrogen (secondary N) is 1. The van der Waals surface area contributed by atoms with Gasteiger partial charge in [-0.3, -0.25) is 14.5 Å². The molecular weight excluding hydrogens is 292 g/mol. The van der Waals surface area contributed by atoms with Crippen molar-refractivity contribution in [1.82, 2.24) is 10.2 Å². The molecule has 5 nitrogen and oxygen atoms in total. The second kappa shape index (κ2) is 8.67. The van der Waals surface area contributed by atoms with Crippen molar-refractivity contribution in [3.63, 3.8) is 0 Å². The van der Waals surface area contributed by atoms with E-state index in [9.17, 15) is 9.59 Å². The van der Waals surface area contributed by atoms with Gasteiger partial charge in [-0.1, -0.05) is 39.5 Å². The third kappa shape index (κ3) is 5.20. The molecule has 0 radical (unpaired) electrons. The normalized spacial score (nSPS) is 26.0. The van der Waals surface area contributed by atoms with Gasteiger partial charge in [0.1, 0.15) is 0 Å². The lowest BCUT2D eigenvalue weighted by Gasteiger charge is -2.42. The predicted octanol–water partition coefficient (Wildman–Crippen LogP) is 2.65. The van der Waals surface area contributed by atoms with Crippen molar-refractivity contribution in [1.29, 1.82) is 0 Å². The van der Waals surface area contributed by atoms with E-state index < -0.39 is 5.97 Å². The summed E-state index contributed by atoms with van der Waals surface area (Å²) in [5, 5.41) is 12.1. The number of hydrogen-bond acceptors (Lipinski definition) is 3. The molecule has 1 unspecified atom stereocenters. The van der Waals surface area contributed by atoms with Gasteiger partial charge in [0.2, 0.25) is 5.91 Å². The standard InChI is InChI=1S/C18H32N2O3/c1-3-14(9-13-7-5-6-8-13)18(23)19-15-10-16(11-15)20(4-2)12-17(21)22/h13-16H,3-12H2,1-2H3,(H,19,23)(H,21,22). The van der Waals surface area contributed by atoms with E-state index in [0.29, 0.717) is 6.04 Å². The Morgan fingerprint density at radius 3 is 2.39 bits per heavy atom. The SMILES string of the molecule is CCC(CC1CCCC1)C(=O)NC1CC(N(CC)CC(=O)O)C1. The quantitative estimate of drug-likeness (QED) is 0.684. The first kappa shape index (κ1) is 18.2. The van der Waals surface area contributed by atoms with E-state index in [0.717, 1.165) is 38.1 Å². The maximum atomic E-state index is 12.5. The second-order valence-corrected chi connectivity index (χ2v) is 7.28. The Balaban J connectivity index is 1.72. The van der Waals surface area contributed by atoms with Crippen LogP contribution in [0.4, 0.5) is 0 Å². The summed E-state index contributed by atoms with van der Waals surface area (Å²) in [5.74, 6) is 0.329. The molecule has 1 atom stereocenters. The van der Waals surface area contributed by atoms with Crippen molar-refractivity contribution in [2.24, 2.45) is 11.8 Å². The van der Waals surface area contributed by atoms with E-state index in [1.807, 2.05) is 11.8 Å². The van der Waals surface area contributed by atoms with Gasteiger partial charge in [-0.25, -0.2) is 0 Å². The molecule has 5 heteroatoms. The Labute approximate surface area is 139 Å². The summed E-state index contributed by atoms with van der Waals surface area (Å²) >= 11 is 0. The lowest BCUT2D eigenvalue weighted by molar-refractivity contribution is -0.140. The van der Waals surface area contributed by atoms with Crippen LogP contribution in [0.3, 0.4) is 0 Å². The molecule has 0 bridgehead atoms. The topological polar surface area (TPSA) is 69.6 Å². The third-order valence-electron chi connectivity index (χ3n) is 5.68. The molecular formula is C18H32N2O3. The molecule has 2 aliphatic rings. The molecule has 2 rings (SSSR count). The first-order valence-corrected chi connectivity index (χ1v) is 9.29. The number of likely N-dealkylation sites (N-methyl/N-ethyl adjacent to an activating group) is 1. The minimum absolute atomic E-state index is 0.0983. The molecule has 0 aliphatic heterocycles. The van der Waals surface area contributed by atoms with E-state index >= 15 is 0 Å². The second-order valence-electron chi connectivity index (χ2n) is 7.28.